The second-order valence-electron chi connectivity index (χ2n) is 19.5. The molecule has 3 nitrogen and oxygen atoms in total. The van der Waals surface area contributed by atoms with Gasteiger partial charge in [0.2, 0.25) is 0 Å². The lowest BCUT2D eigenvalue weighted by atomic mass is 9.90. The fraction of sp³-hybridized carbons (Fsp3) is 0.0405. The number of rotatable bonds is 11. The van der Waals surface area contributed by atoms with Gasteiger partial charge in [-0.2, -0.15) is 0 Å². The van der Waals surface area contributed by atoms with Crippen LogP contribution in [0.3, 0.4) is 0 Å². The smallest absolute Gasteiger partial charge is 0.143 e. The summed E-state index contributed by atoms with van der Waals surface area (Å²) >= 11 is 0. The van der Waals surface area contributed by atoms with Crippen LogP contribution in [0, 0.1) is 13.8 Å². The van der Waals surface area contributed by atoms with E-state index in [1.165, 1.54) is 16.7 Å². The molecule has 0 saturated carbocycles. The van der Waals surface area contributed by atoms with Crippen LogP contribution in [-0.4, -0.2) is 4.98 Å². The zero-order valence-electron chi connectivity index (χ0n) is 43.2. The van der Waals surface area contributed by atoms with E-state index in [1.54, 1.807) is 0 Å². The molecular weight excluding hydrogens is 935 g/mol. The van der Waals surface area contributed by atoms with Crippen LogP contribution in [0.15, 0.2) is 288 Å². The Morgan fingerprint density at radius 3 is 1.13 bits per heavy atom. The van der Waals surface area contributed by atoms with E-state index in [1.807, 2.05) is 30.3 Å². The van der Waals surface area contributed by atoms with E-state index < -0.39 is 0 Å². The Hall–Kier alpha value is -9.83. The molecule has 0 N–H and O–H groups in total. The number of hydrogen-bond donors (Lipinski definition) is 0. The maximum atomic E-state index is 7.13. The van der Waals surface area contributed by atoms with Crippen molar-refractivity contribution in [2.45, 2.75) is 20.3 Å². The lowest BCUT2D eigenvalue weighted by Gasteiger charge is -2.14. The molecule has 0 aliphatic carbocycles. The van der Waals surface area contributed by atoms with Crippen LogP contribution in [0.1, 0.15) is 16.7 Å². The van der Waals surface area contributed by atoms with Crippen molar-refractivity contribution in [2.24, 2.45) is 0 Å². The third-order valence-corrected chi connectivity index (χ3v) is 14.6. The van der Waals surface area contributed by atoms with Crippen molar-refractivity contribution >= 4 is 21.9 Å². The molecule has 0 spiro atoms. The molecule has 368 valence electrons. The van der Waals surface area contributed by atoms with Crippen molar-refractivity contribution in [3.8, 4) is 101 Å². The number of allylic oxidation sites excluding steroid dienone is 1. The molecule has 3 heteroatoms. The molecule has 0 saturated heterocycles. The number of hydrogen-bond acceptors (Lipinski definition) is 3. The molecular formula is C74H55NO2. The number of nitrogens with zero attached hydrogens (tertiary/aromatic N) is 1. The van der Waals surface area contributed by atoms with Gasteiger partial charge < -0.3 is 8.83 Å². The summed E-state index contributed by atoms with van der Waals surface area (Å²) in [6, 6.07) is 93.6. The number of benzene rings is 10. The number of fused-ring (bicyclic) bond motifs is 2. The summed E-state index contributed by atoms with van der Waals surface area (Å²) < 4.78 is 14.3. The molecule has 3 aromatic heterocycles. The maximum absolute atomic E-state index is 7.13. The zero-order valence-corrected chi connectivity index (χ0v) is 43.2. The number of para-hydroxylation sites is 2. The van der Waals surface area contributed by atoms with Crippen molar-refractivity contribution in [1.82, 2.24) is 4.98 Å². The quantitative estimate of drug-likeness (QED) is 0.121. The first-order valence-corrected chi connectivity index (χ1v) is 26.3. The van der Waals surface area contributed by atoms with Crippen LogP contribution in [0.5, 0.6) is 0 Å². The summed E-state index contributed by atoms with van der Waals surface area (Å²) in [7, 11) is 0. The van der Waals surface area contributed by atoms with Gasteiger partial charge in [0.15, 0.2) is 0 Å². The van der Waals surface area contributed by atoms with Gasteiger partial charge in [-0.15, -0.1) is 6.58 Å². The van der Waals surface area contributed by atoms with Crippen LogP contribution in [0.25, 0.3) is 123 Å². The van der Waals surface area contributed by atoms with E-state index >= 15 is 0 Å². The van der Waals surface area contributed by atoms with Crippen molar-refractivity contribution in [3.05, 3.63) is 296 Å². The number of pyridine rings is 1. The highest BCUT2D eigenvalue weighted by Crippen LogP contribution is 2.48. The minimum absolute atomic E-state index is 0.830. The lowest BCUT2D eigenvalue weighted by molar-refractivity contribution is 0.633. The largest absolute Gasteiger partial charge is 0.455 e. The molecule has 0 radical (unpaired) electrons. The van der Waals surface area contributed by atoms with Gasteiger partial charge in [-0.1, -0.05) is 243 Å². The number of furan rings is 2. The predicted octanol–water partition coefficient (Wildman–Crippen LogP) is 20.6. The summed E-state index contributed by atoms with van der Waals surface area (Å²) in [5.41, 5.74) is 22.3. The molecule has 10 aromatic carbocycles. The summed E-state index contributed by atoms with van der Waals surface area (Å²) in [5, 5.41) is 2.11. The molecule has 0 unspecified atom stereocenters. The SMILES string of the molecule is C=CCc1cccc(C)c1C.c1ccc(-c2cc(-c3cc(-c4cccc5c(-c6ccccc6)c(-c6ccccc6)oc45)cc(-c4cccc5c(-c6ccccc6)c(-c6ccccc6)oc45)c3)cc(-c3ccccc3)n2)cc1. The summed E-state index contributed by atoms with van der Waals surface area (Å²) in [6.07, 6.45) is 2.93. The average Bonchev–Trinajstić information content (AvgIpc) is 4.24. The van der Waals surface area contributed by atoms with E-state index in [0.29, 0.717) is 0 Å². The molecule has 13 aromatic rings. The second-order valence-corrected chi connectivity index (χ2v) is 19.5. The van der Waals surface area contributed by atoms with Crippen LogP contribution in [0.2, 0.25) is 0 Å². The molecule has 0 amide bonds. The molecule has 0 aliphatic heterocycles. The van der Waals surface area contributed by atoms with Crippen LogP contribution in [-0.2, 0) is 6.42 Å². The molecule has 0 aliphatic rings. The number of aromatic nitrogens is 1. The standard InChI is InChI=1S/C63H41NO2.C11H14/c1-7-21-42(22-8-1)56-40-49(41-57(64-56)43-23-9-2-10-24-43)48-37-50(52-33-19-35-54-58(44-25-11-3-12-26-44)60(65-62(52)54)46-29-15-5-16-30-46)39-51(38-48)53-34-20-36-55-59(45-27-13-4-14-28-45)61(66-63(53)55)47-31-17-6-18-32-47;1-4-6-11-8-5-7-9(2)10(11)3/h1-41H;4-5,7-8H,1,6H2,2-3H3. The highest BCUT2D eigenvalue weighted by atomic mass is 16.3. The highest BCUT2D eigenvalue weighted by Gasteiger charge is 2.24. The summed E-state index contributed by atoms with van der Waals surface area (Å²) in [6.45, 7) is 8.03. The van der Waals surface area contributed by atoms with Gasteiger partial charge >= 0.3 is 0 Å². The first-order valence-electron chi connectivity index (χ1n) is 26.3. The average molecular weight is 990 g/mol. The maximum Gasteiger partial charge on any atom is 0.143 e. The topological polar surface area (TPSA) is 39.2 Å². The normalized spacial score (nSPS) is 11.1. The molecule has 0 fully saturated rings. The monoisotopic (exact) mass is 989 g/mol. The van der Waals surface area contributed by atoms with Gasteiger partial charge in [-0.3, -0.25) is 0 Å². The highest BCUT2D eigenvalue weighted by molar-refractivity contribution is 6.09. The molecule has 0 bridgehead atoms. The summed E-state index contributed by atoms with van der Waals surface area (Å²) in [5.74, 6) is 1.69. The molecule has 77 heavy (non-hydrogen) atoms. The van der Waals surface area contributed by atoms with Crippen molar-refractivity contribution in [3.63, 3.8) is 0 Å². The molecule has 13 rings (SSSR count). The minimum Gasteiger partial charge on any atom is -0.455 e. The fourth-order valence-corrected chi connectivity index (χ4v) is 10.6. The Labute approximate surface area is 450 Å². The zero-order chi connectivity index (χ0) is 52.1. The van der Waals surface area contributed by atoms with Crippen LogP contribution >= 0.6 is 0 Å². The Kier molecular flexibility index (Phi) is 13.5. The van der Waals surface area contributed by atoms with E-state index in [2.05, 4.69) is 263 Å². The van der Waals surface area contributed by atoms with Gasteiger partial charge in [-0.05, 0) is 101 Å². The van der Waals surface area contributed by atoms with Gasteiger partial charge in [0.05, 0.1) is 11.4 Å². The van der Waals surface area contributed by atoms with Crippen molar-refractivity contribution in [1.29, 1.82) is 0 Å². The predicted molar refractivity (Wildman–Crippen MR) is 323 cm³/mol. The van der Waals surface area contributed by atoms with Crippen molar-refractivity contribution < 1.29 is 8.83 Å². The Morgan fingerprint density at radius 1 is 0.351 bits per heavy atom. The van der Waals surface area contributed by atoms with E-state index in [4.69, 9.17) is 13.8 Å². The van der Waals surface area contributed by atoms with E-state index in [0.717, 1.165) is 129 Å². The summed E-state index contributed by atoms with van der Waals surface area (Å²) in [4.78, 5) is 5.25. The van der Waals surface area contributed by atoms with Crippen LogP contribution < -0.4 is 0 Å². The number of aryl methyl sites for hydroxylation is 1. The third kappa shape index (κ3) is 9.75. The molecule has 0 atom stereocenters. The van der Waals surface area contributed by atoms with Gasteiger partial charge in [0, 0.05) is 55.3 Å². The Morgan fingerprint density at radius 2 is 0.714 bits per heavy atom. The molecule has 3 heterocycles. The van der Waals surface area contributed by atoms with Gasteiger partial charge in [0.25, 0.3) is 0 Å². The van der Waals surface area contributed by atoms with Gasteiger partial charge in [0.1, 0.15) is 22.7 Å². The first kappa shape index (κ1) is 48.1. The second kappa shape index (κ2) is 21.6. The minimum atomic E-state index is 0.830. The van der Waals surface area contributed by atoms with E-state index in [-0.39, 0.29) is 0 Å². The van der Waals surface area contributed by atoms with Crippen molar-refractivity contribution in [2.75, 3.05) is 0 Å². The lowest BCUT2D eigenvalue weighted by Crippen LogP contribution is -1.92. The van der Waals surface area contributed by atoms with E-state index in [9.17, 15) is 0 Å². The van der Waals surface area contributed by atoms with Crippen LogP contribution in [0.4, 0.5) is 0 Å². The fourth-order valence-electron chi connectivity index (χ4n) is 10.6. The Balaban J connectivity index is 0.000000485. The van der Waals surface area contributed by atoms with Gasteiger partial charge in [-0.25, -0.2) is 4.98 Å². The first-order chi connectivity index (χ1) is 38.0. The third-order valence-electron chi connectivity index (χ3n) is 14.6. The Bertz CT molecular complexity index is 3940.